The molecule has 0 aliphatic rings. The average Bonchev–Trinajstić information content (AvgIpc) is 2.54. The largest absolute Gasteiger partial charge is 0.494 e. The normalized spacial score (nSPS) is 10.6. The van der Waals surface area contributed by atoms with Crippen LogP contribution in [0.15, 0.2) is 47.3 Å². The van der Waals surface area contributed by atoms with Crippen molar-refractivity contribution in [1.29, 1.82) is 0 Å². The number of ether oxygens (including phenoxy) is 1. The van der Waals surface area contributed by atoms with E-state index in [1.807, 2.05) is 0 Å². The molecule has 0 fully saturated rings. The van der Waals surface area contributed by atoms with Crippen molar-refractivity contribution in [2.45, 2.75) is 0 Å². The van der Waals surface area contributed by atoms with Crippen LogP contribution in [0, 0.1) is 10.1 Å². The van der Waals surface area contributed by atoms with Crippen LogP contribution in [-0.4, -0.2) is 22.0 Å². The Bertz CT molecular complexity index is 933. The zero-order valence-corrected chi connectivity index (χ0v) is 11.6. The minimum Gasteiger partial charge on any atom is -0.494 e. The van der Waals surface area contributed by atoms with Crippen molar-refractivity contribution >= 4 is 16.6 Å². The highest BCUT2D eigenvalue weighted by molar-refractivity contribution is 5.85. The Balaban J connectivity index is 2.34. The molecule has 1 aromatic heterocycles. The summed E-state index contributed by atoms with van der Waals surface area (Å²) in [7, 11) is 1.47. The SMILES string of the molecule is COc1cccc2c(=O)[nH]c(-c3ccccc3[N+](=O)[O-])nc12. The first kappa shape index (κ1) is 13.7. The zero-order chi connectivity index (χ0) is 15.7. The number of hydrogen-bond acceptors (Lipinski definition) is 5. The third-order valence-corrected chi connectivity index (χ3v) is 3.27. The number of fused-ring (bicyclic) bond motifs is 1. The predicted molar refractivity (Wildman–Crippen MR) is 81.0 cm³/mol. The standard InChI is InChI=1S/C15H11N3O4/c1-22-12-8-4-6-10-13(12)16-14(17-15(10)19)9-5-2-3-7-11(9)18(20)21/h2-8H,1H3,(H,16,17,19). The third kappa shape index (κ3) is 2.18. The molecule has 2 aromatic carbocycles. The number of nitrogens with zero attached hydrogens (tertiary/aromatic N) is 2. The molecule has 0 saturated carbocycles. The highest BCUT2D eigenvalue weighted by Crippen LogP contribution is 2.28. The van der Waals surface area contributed by atoms with Gasteiger partial charge in [0.05, 0.1) is 23.0 Å². The van der Waals surface area contributed by atoms with E-state index < -0.39 is 4.92 Å². The molecule has 22 heavy (non-hydrogen) atoms. The molecule has 7 heteroatoms. The van der Waals surface area contributed by atoms with Crippen LogP contribution >= 0.6 is 0 Å². The quantitative estimate of drug-likeness (QED) is 0.591. The van der Waals surface area contributed by atoms with Crippen molar-refractivity contribution in [1.82, 2.24) is 9.97 Å². The number of H-pyrrole nitrogens is 1. The lowest BCUT2D eigenvalue weighted by Gasteiger charge is -2.07. The van der Waals surface area contributed by atoms with E-state index in [1.54, 1.807) is 30.3 Å². The van der Waals surface area contributed by atoms with Crippen LogP contribution in [0.2, 0.25) is 0 Å². The lowest BCUT2D eigenvalue weighted by atomic mass is 10.1. The van der Waals surface area contributed by atoms with E-state index in [-0.39, 0.29) is 22.6 Å². The van der Waals surface area contributed by atoms with Crippen LogP contribution in [0.25, 0.3) is 22.3 Å². The van der Waals surface area contributed by atoms with Gasteiger partial charge in [0.15, 0.2) is 0 Å². The molecule has 1 N–H and O–H groups in total. The number of nitro groups is 1. The van der Waals surface area contributed by atoms with Crippen molar-refractivity contribution < 1.29 is 9.66 Å². The Labute approximate surface area is 124 Å². The molecule has 1 heterocycles. The van der Waals surface area contributed by atoms with Gasteiger partial charge >= 0.3 is 0 Å². The first-order chi connectivity index (χ1) is 10.6. The Hall–Kier alpha value is -3.22. The molecule has 7 nitrogen and oxygen atoms in total. The molecule has 0 saturated heterocycles. The Morgan fingerprint density at radius 1 is 1.18 bits per heavy atom. The molecule has 0 aliphatic carbocycles. The Morgan fingerprint density at radius 2 is 1.95 bits per heavy atom. The number of benzene rings is 2. The van der Waals surface area contributed by atoms with Gasteiger partial charge in [-0.25, -0.2) is 4.98 Å². The fourth-order valence-corrected chi connectivity index (χ4v) is 2.26. The Kier molecular flexibility index (Phi) is 3.30. The summed E-state index contributed by atoms with van der Waals surface area (Å²) in [5.41, 5.74) is 0.108. The maximum atomic E-state index is 12.2. The molecule has 0 aliphatic heterocycles. The van der Waals surface area contributed by atoms with E-state index in [0.717, 1.165) is 0 Å². The van der Waals surface area contributed by atoms with Gasteiger partial charge in [-0.2, -0.15) is 0 Å². The second-order valence-corrected chi connectivity index (χ2v) is 4.55. The van der Waals surface area contributed by atoms with Gasteiger partial charge in [0, 0.05) is 6.07 Å². The molecular formula is C15H11N3O4. The number of aromatic amines is 1. The summed E-state index contributed by atoms with van der Waals surface area (Å²) in [4.78, 5) is 29.7. The van der Waals surface area contributed by atoms with Crippen molar-refractivity contribution in [3.8, 4) is 17.1 Å². The minimum absolute atomic E-state index is 0.125. The molecule has 0 spiro atoms. The number of nitrogens with one attached hydrogen (secondary N) is 1. The first-order valence-corrected chi connectivity index (χ1v) is 6.42. The van der Waals surface area contributed by atoms with E-state index >= 15 is 0 Å². The van der Waals surface area contributed by atoms with Crippen molar-refractivity contribution in [2.75, 3.05) is 7.11 Å². The van der Waals surface area contributed by atoms with Crippen LogP contribution < -0.4 is 10.3 Å². The molecule has 110 valence electrons. The number of methoxy groups -OCH3 is 1. The van der Waals surface area contributed by atoms with Gasteiger partial charge in [-0.3, -0.25) is 14.9 Å². The second kappa shape index (κ2) is 5.28. The number of nitro benzene ring substituents is 1. The highest BCUT2D eigenvalue weighted by atomic mass is 16.6. The molecule has 3 aromatic rings. The van der Waals surface area contributed by atoms with Crippen molar-refractivity contribution in [3.63, 3.8) is 0 Å². The number of hydrogen-bond donors (Lipinski definition) is 1. The second-order valence-electron chi connectivity index (χ2n) is 4.55. The summed E-state index contributed by atoms with van der Waals surface area (Å²) in [6.07, 6.45) is 0. The van der Waals surface area contributed by atoms with Crippen LogP contribution in [0.4, 0.5) is 5.69 Å². The van der Waals surface area contributed by atoms with Gasteiger partial charge in [0.25, 0.3) is 11.2 Å². The van der Waals surface area contributed by atoms with Gasteiger partial charge in [-0.1, -0.05) is 18.2 Å². The molecular weight excluding hydrogens is 286 g/mol. The molecule has 0 bridgehead atoms. The fourth-order valence-electron chi connectivity index (χ4n) is 2.26. The lowest BCUT2D eigenvalue weighted by Crippen LogP contribution is -2.10. The van der Waals surface area contributed by atoms with Crippen LogP contribution in [0.1, 0.15) is 0 Å². The number of para-hydroxylation sites is 2. The van der Waals surface area contributed by atoms with Crippen molar-refractivity contribution in [3.05, 3.63) is 62.9 Å². The molecule has 0 radical (unpaired) electrons. The topological polar surface area (TPSA) is 98.1 Å². The molecule has 0 unspecified atom stereocenters. The smallest absolute Gasteiger partial charge is 0.280 e. The lowest BCUT2D eigenvalue weighted by molar-refractivity contribution is -0.384. The van der Waals surface area contributed by atoms with E-state index in [4.69, 9.17) is 4.74 Å². The fraction of sp³-hybridized carbons (Fsp3) is 0.0667. The van der Waals surface area contributed by atoms with E-state index in [9.17, 15) is 14.9 Å². The van der Waals surface area contributed by atoms with Gasteiger partial charge in [0.2, 0.25) is 0 Å². The van der Waals surface area contributed by atoms with Crippen LogP contribution in [-0.2, 0) is 0 Å². The zero-order valence-electron chi connectivity index (χ0n) is 11.6. The van der Waals surface area contributed by atoms with Gasteiger partial charge < -0.3 is 9.72 Å². The predicted octanol–water partition coefficient (Wildman–Crippen LogP) is 2.51. The number of rotatable bonds is 3. The van der Waals surface area contributed by atoms with E-state index in [1.165, 1.54) is 19.2 Å². The number of aromatic nitrogens is 2. The van der Waals surface area contributed by atoms with E-state index in [2.05, 4.69) is 9.97 Å². The first-order valence-electron chi connectivity index (χ1n) is 6.42. The minimum atomic E-state index is -0.512. The summed E-state index contributed by atoms with van der Waals surface area (Å²) in [5.74, 6) is 0.567. The summed E-state index contributed by atoms with van der Waals surface area (Å²) in [6.45, 7) is 0. The maximum Gasteiger partial charge on any atom is 0.280 e. The maximum absolute atomic E-state index is 12.2. The molecule has 0 atom stereocenters. The summed E-state index contributed by atoms with van der Waals surface area (Å²) in [6, 6.07) is 11.1. The van der Waals surface area contributed by atoms with E-state index in [0.29, 0.717) is 16.7 Å². The molecule has 0 amide bonds. The monoisotopic (exact) mass is 297 g/mol. The van der Waals surface area contributed by atoms with Gasteiger partial charge in [0.1, 0.15) is 17.1 Å². The third-order valence-electron chi connectivity index (χ3n) is 3.27. The molecule has 3 rings (SSSR count). The summed E-state index contributed by atoms with van der Waals surface area (Å²) in [5, 5.41) is 11.5. The summed E-state index contributed by atoms with van der Waals surface area (Å²) >= 11 is 0. The van der Waals surface area contributed by atoms with Gasteiger partial charge in [-0.05, 0) is 18.2 Å². The van der Waals surface area contributed by atoms with Crippen molar-refractivity contribution in [2.24, 2.45) is 0 Å². The highest BCUT2D eigenvalue weighted by Gasteiger charge is 2.18. The average molecular weight is 297 g/mol. The van der Waals surface area contributed by atoms with Crippen LogP contribution in [0.3, 0.4) is 0 Å². The van der Waals surface area contributed by atoms with Crippen LogP contribution in [0.5, 0.6) is 5.75 Å². The van der Waals surface area contributed by atoms with Gasteiger partial charge in [-0.15, -0.1) is 0 Å². The summed E-state index contributed by atoms with van der Waals surface area (Å²) < 4.78 is 5.20. The Morgan fingerprint density at radius 3 is 2.68 bits per heavy atom.